The fourth-order valence-corrected chi connectivity index (χ4v) is 11.6. The molecule has 67 heavy (non-hydrogen) atoms. The first kappa shape index (κ1) is 36.4. The molecule has 0 N–H and O–H groups in total. The molecule has 14 aromatic rings. The fourth-order valence-electron chi connectivity index (χ4n) is 11.6. The Balaban J connectivity index is 1.01. The number of rotatable bonds is 5. The van der Waals surface area contributed by atoms with Crippen LogP contribution in [0.5, 0.6) is 0 Å². The van der Waals surface area contributed by atoms with Gasteiger partial charge in [-0.25, -0.2) is 0 Å². The van der Waals surface area contributed by atoms with Gasteiger partial charge < -0.3 is 14.0 Å². The molecule has 0 bridgehead atoms. The Morgan fingerprint density at radius 3 is 1.30 bits per heavy atom. The summed E-state index contributed by atoms with van der Waals surface area (Å²) in [6.07, 6.45) is 0. The van der Waals surface area contributed by atoms with E-state index in [9.17, 15) is 0 Å². The van der Waals surface area contributed by atoms with Crippen molar-refractivity contribution in [2.24, 2.45) is 0 Å². The zero-order valence-electron chi connectivity index (χ0n) is 36.4. The molecule has 0 aliphatic carbocycles. The van der Waals surface area contributed by atoms with Gasteiger partial charge in [-0.2, -0.15) is 0 Å². The molecule has 0 atom stereocenters. The monoisotopic (exact) mass is 849 g/mol. The molecule has 1 aliphatic rings. The van der Waals surface area contributed by atoms with E-state index in [4.69, 9.17) is 0 Å². The van der Waals surface area contributed by atoms with E-state index in [1.165, 1.54) is 132 Å². The highest BCUT2D eigenvalue weighted by atomic mass is 15.2. The average molecular weight is 850 g/mol. The third-order valence-electron chi connectivity index (χ3n) is 14.6. The first-order valence-corrected chi connectivity index (χ1v) is 23.2. The lowest BCUT2D eigenvalue weighted by Crippen LogP contribution is -2.15. The molecule has 0 amide bonds. The minimum absolute atomic E-state index is 1.13. The van der Waals surface area contributed by atoms with Crippen LogP contribution in [-0.2, 0) is 0 Å². The second-order valence-corrected chi connectivity index (χ2v) is 18.0. The molecule has 3 heteroatoms. The van der Waals surface area contributed by atoms with Crippen LogP contribution in [0, 0.1) is 0 Å². The number of anilines is 3. The summed E-state index contributed by atoms with van der Waals surface area (Å²) in [5.41, 5.74) is 15.5. The zero-order chi connectivity index (χ0) is 43.7. The Morgan fingerprint density at radius 1 is 0.224 bits per heavy atom. The molecule has 0 saturated carbocycles. The average Bonchev–Trinajstić information content (AvgIpc) is 3.91. The van der Waals surface area contributed by atoms with Gasteiger partial charge in [-0.3, -0.25) is 0 Å². The Labute approximate surface area is 386 Å². The van der Waals surface area contributed by atoms with E-state index in [2.05, 4.69) is 251 Å². The molecule has 0 spiro atoms. The molecule has 0 fully saturated rings. The Morgan fingerprint density at radius 2 is 0.672 bits per heavy atom. The van der Waals surface area contributed by atoms with Gasteiger partial charge in [0.2, 0.25) is 0 Å². The van der Waals surface area contributed by atoms with Gasteiger partial charge in [-0.15, -0.1) is 0 Å². The number of aromatic nitrogens is 2. The molecule has 12 aromatic carbocycles. The molecule has 2 aromatic heterocycles. The highest BCUT2D eigenvalue weighted by molar-refractivity contribution is 6.33. The summed E-state index contributed by atoms with van der Waals surface area (Å²) in [7, 11) is 0. The lowest BCUT2D eigenvalue weighted by Gasteiger charge is -2.33. The van der Waals surface area contributed by atoms with Crippen molar-refractivity contribution in [3.63, 3.8) is 0 Å². The topological polar surface area (TPSA) is 13.1 Å². The van der Waals surface area contributed by atoms with Crippen molar-refractivity contribution in [2.45, 2.75) is 0 Å². The second kappa shape index (κ2) is 13.8. The van der Waals surface area contributed by atoms with Crippen LogP contribution >= 0.6 is 0 Å². The predicted octanol–water partition coefficient (Wildman–Crippen LogP) is 17.6. The maximum Gasteiger partial charge on any atom is 0.0548 e. The highest BCUT2D eigenvalue weighted by Gasteiger charge is 2.29. The Hall–Kier alpha value is -8.92. The third-order valence-corrected chi connectivity index (χ3v) is 14.6. The van der Waals surface area contributed by atoms with Crippen LogP contribution in [0.2, 0.25) is 0 Å². The summed E-state index contributed by atoms with van der Waals surface area (Å²) >= 11 is 0. The summed E-state index contributed by atoms with van der Waals surface area (Å²) in [5, 5.41) is 15.0. The van der Waals surface area contributed by atoms with Gasteiger partial charge in [-0.1, -0.05) is 164 Å². The first-order valence-electron chi connectivity index (χ1n) is 23.2. The molecule has 0 unspecified atom stereocenters. The van der Waals surface area contributed by atoms with Gasteiger partial charge in [0.15, 0.2) is 0 Å². The number of para-hydroxylation sites is 3. The minimum atomic E-state index is 1.13. The van der Waals surface area contributed by atoms with E-state index in [0.29, 0.717) is 0 Å². The fraction of sp³-hybridized carbons (Fsp3) is 0. The number of nitrogens with zero attached hydrogens (tertiary/aromatic N) is 3. The molecule has 0 radical (unpaired) electrons. The van der Waals surface area contributed by atoms with E-state index in [1.807, 2.05) is 0 Å². The van der Waals surface area contributed by atoms with Crippen molar-refractivity contribution < 1.29 is 0 Å². The van der Waals surface area contributed by atoms with Crippen molar-refractivity contribution >= 4 is 104 Å². The van der Waals surface area contributed by atoms with Gasteiger partial charge in [0.1, 0.15) is 0 Å². The summed E-state index contributed by atoms with van der Waals surface area (Å²) in [4.78, 5) is 2.51. The molecule has 0 saturated heterocycles. The Bertz CT molecular complexity index is 4330. The number of benzene rings is 12. The molecular weight excluding hydrogens is 811 g/mol. The maximum absolute atomic E-state index is 2.51. The van der Waals surface area contributed by atoms with Crippen LogP contribution in [0.25, 0.3) is 120 Å². The van der Waals surface area contributed by atoms with Crippen LogP contribution in [0.1, 0.15) is 0 Å². The normalized spacial score (nSPS) is 12.4. The van der Waals surface area contributed by atoms with Crippen molar-refractivity contribution in [3.8, 4) is 33.6 Å². The van der Waals surface area contributed by atoms with E-state index < -0.39 is 0 Å². The summed E-state index contributed by atoms with van der Waals surface area (Å²) in [6.45, 7) is 0. The number of hydrogen-bond acceptors (Lipinski definition) is 1. The van der Waals surface area contributed by atoms with Gasteiger partial charge in [-0.05, 0) is 111 Å². The standard InChI is InChI=1S/C64H39N3/c1-2-12-40(13-3-1)42-24-29-47(30-25-42)65-60-36-34-57(66-54-19-9-6-16-48(54)49-17-7-10-20-55(49)66)51-31-26-43-27-32-52-58(35-37-61(65)64(52)62(43)63(51)60)67-56-21-11-8-18-50(56)53-39-46(28-33-59(53)67)45-23-22-41-14-4-5-15-44(41)38-45/h1-39H. The SMILES string of the molecule is c1ccc(-c2ccc(N3c4ccc(-n5c6ccccc6c6ccccc65)c5ccc6ccc7c(-n8c9ccccc9c9cc(-c%10ccc%11ccccc%11c%10)ccc98)ccc3c7c6c45)cc2)cc1. The van der Waals surface area contributed by atoms with Crippen LogP contribution in [0.4, 0.5) is 17.1 Å². The molecular formula is C64H39N3. The predicted molar refractivity (Wildman–Crippen MR) is 284 cm³/mol. The Kier molecular flexibility index (Phi) is 7.50. The summed E-state index contributed by atoms with van der Waals surface area (Å²) in [5.74, 6) is 0. The summed E-state index contributed by atoms with van der Waals surface area (Å²) in [6, 6.07) is 87.7. The van der Waals surface area contributed by atoms with Crippen molar-refractivity contribution in [2.75, 3.05) is 4.90 Å². The quantitative estimate of drug-likeness (QED) is 0.157. The van der Waals surface area contributed by atoms with E-state index in [-0.39, 0.29) is 0 Å². The van der Waals surface area contributed by atoms with Crippen molar-refractivity contribution in [1.82, 2.24) is 9.13 Å². The van der Waals surface area contributed by atoms with E-state index in [0.717, 1.165) is 5.69 Å². The second-order valence-electron chi connectivity index (χ2n) is 18.0. The smallest absolute Gasteiger partial charge is 0.0548 e. The zero-order valence-corrected chi connectivity index (χ0v) is 36.4. The number of fused-ring (bicyclic) bond motifs is 7. The minimum Gasteiger partial charge on any atom is -0.309 e. The molecule has 3 heterocycles. The van der Waals surface area contributed by atoms with E-state index >= 15 is 0 Å². The largest absolute Gasteiger partial charge is 0.309 e. The molecule has 1 aliphatic heterocycles. The van der Waals surface area contributed by atoms with Gasteiger partial charge >= 0.3 is 0 Å². The molecule has 15 rings (SSSR count). The third kappa shape index (κ3) is 5.17. The van der Waals surface area contributed by atoms with Crippen LogP contribution < -0.4 is 4.90 Å². The van der Waals surface area contributed by atoms with Crippen LogP contribution in [-0.4, -0.2) is 9.13 Å². The van der Waals surface area contributed by atoms with Gasteiger partial charge in [0, 0.05) is 54.2 Å². The lowest BCUT2D eigenvalue weighted by molar-refractivity contribution is 1.19. The van der Waals surface area contributed by atoms with Gasteiger partial charge in [0.05, 0.1) is 44.8 Å². The molecule has 3 nitrogen and oxygen atoms in total. The van der Waals surface area contributed by atoms with Gasteiger partial charge in [0.25, 0.3) is 0 Å². The van der Waals surface area contributed by atoms with Crippen LogP contribution in [0.15, 0.2) is 237 Å². The lowest BCUT2D eigenvalue weighted by atomic mass is 9.89. The van der Waals surface area contributed by atoms with Crippen LogP contribution in [0.3, 0.4) is 0 Å². The molecule has 310 valence electrons. The number of hydrogen-bond donors (Lipinski definition) is 0. The highest BCUT2D eigenvalue weighted by Crippen LogP contribution is 2.54. The summed E-state index contributed by atoms with van der Waals surface area (Å²) < 4.78 is 4.98. The maximum atomic E-state index is 2.51. The van der Waals surface area contributed by atoms with E-state index in [1.54, 1.807) is 0 Å². The first-order chi connectivity index (χ1) is 33.2. The van der Waals surface area contributed by atoms with Crippen molar-refractivity contribution in [1.29, 1.82) is 0 Å². The van der Waals surface area contributed by atoms with Crippen molar-refractivity contribution in [3.05, 3.63) is 237 Å².